The number of benzene rings is 1. The van der Waals surface area contributed by atoms with Crippen molar-refractivity contribution in [2.24, 2.45) is 0 Å². The van der Waals surface area contributed by atoms with E-state index in [0.717, 1.165) is 11.9 Å². The number of hydrogen-bond donors (Lipinski definition) is 3. The number of sulfonamides is 2. The van der Waals surface area contributed by atoms with Gasteiger partial charge in [0.2, 0.25) is 20.0 Å². The summed E-state index contributed by atoms with van der Waals surface area (Å²) in [5, 5.41) is 2.99. The molecule has 114 valence electrons. The van der Waals surface area contributed by atoms with Gasteiger partial charge < -0.3 is 5.32 Å². The van der Waals surface area contributed by atoms with Crippen molar-refractivity contribution < 1.29 is 16.8 Å². The summed E-state index contributed by atoms with van der Waals surface area (Å²) in [5.41, 5.74) is 0.718. The third-order valence-electron chi connectivity index (χ3n) is 2.32. The second-order valence-corrected chi connectivity index (χ2v) is 7.72. The number of rotatable bonds is 8. The first-order chi connectivity index (χ1) is 9.24. The van der Waals surface area contributed by atoms with Crippen LogP contribution in [-0.4, -0.2) is 42.7 Å². The predicted octanol–water partition coefficient (Wildman–Crippen LogP) is -0.0541. The summed E-state index contributed by atoms with van der Waals surface area (Å²) in [6.45, 7) is 2.71. The van der Waals surface area contributed by atoms with Crippen LogP contribution < -0.4 is 14.8 Å². The zero-order valence-electron chi connectivity index (χ0n) is 11.4. The Balaban J connectivity index is 2.55. The molecule has 0 aliphatic rings. The van der Waals surface area contributed by atoms with Gasteiger partial charge in [0.1, 0.15) is 0 Å². The van der Waals surface area contributed by atoms with Crippen molar-refractivity contribution >= 4 is 25.7 Å². The molecule has 1 aromatic rings. The molecule has 7 nitrogen and oxygen atoms in total. The van der Waals surface area contributed by atoms with Crippen LogP contribution in [0.15, 0.2) is 29.2 Å². The number of hydrogen-bond acceptors (Lipinski definition) is 5. The highest BCUT2D eigenvalue weighted by Crippen LogP contribution is 2.13. The summed E-state index contributed by atoms with van der Waals surface area (Å²) in [5.74, 6) is 0. The van der Waals surface area contributed by atoms with Crippen LogP contribution in [0.5, 0.6) is 0 Å². The fourth-order valence-corrected chi connectivity index (χ4v) is 2.98. The van der Waals surface area contributed by atoms with Crippen molar-refractivity contribution in [3.63, 3.8) is 0 Å². The molecule has 0 fully saturated rings. The highest BCUT2D eigenvalue weighted by molar-refractivity contribution is 7.89. The third-order valence-corrected chi connectivity index (χ3v) is 4.61. The predicted molar refractivity (Wildman–Crippen MR) is 78.6 cm³/mol. The molecule has 0 aliphatic heterocycles. The first kappa shape index (κ1) is 16.9. The highest BCUT2D eigenvalue weighted by Gasteiger charge is 2.11. The Morgan fingerprint density at radius 1 is 0.950 bits per heavy atom. The van der Waals surface area contributed by atoms with Crippen molar-refractivity contribution in [2.75, 3.05) is 31.2 Å². The zero-order chi connectivity index (χ0) is 15.2. The Labute approximate surface area is 119 Å². The van der Waals surface area contributed by atoms with Crippen LogP contribution in [0.3, 0.4) is 0 Å². The average Bonchev–Trinajstić information content (AvgIpc) is 2.34. The van der Waals surface area contributed by atoms with Gasteiger partial charge in [0, 0.05) is 25.3 Å². The zero-order valence-corrected chi connectivity index (χ0v) is 13.0. The third kappa shape index (κ3) is 5.87. The molecule has 0 saturated carbocycles. The van der Waals surface area contributed by atoms with E-state index in [-0.39, 0.29) is 11.4 Å². The maximum atomic E-state index is 11.7. The topological polar surface area (TPSA) is 104 Å². The molecule has 0 saturated heterocycles. The van der Waals surface area contributed by atoms with Gasteiger partial charge in [-0.2, -0.15) is 0 Å². The summed E-state index contributed by atoms with van der Waals surface area (Å²) < 4.78 is 49.9. The molecule has 0 radical (unpaired) electrons. The van der Waals surface area contributed by atoms with Crippen molar-refractivity contribution in [1.82, 2.24) is 9.44 Å². The molecule has 1 aromatic carbocycles. The van der Waals surface area contributed by atoms with Gasteiger partial charge in [0.05, 0.1) is 11.2 Å². The van der Waals surface area contributed by atoms with E-state index in [1.165, 1.54) is 12.1 Å². The van der Waals surface area contributed by atoms with Crippen LogP contribution in [0.2, 0.25) is 0 Å². The standard InChI is InChI=1S/C11H19N3O4S2/c1-3-13-20(17,18)11-6-4-10(5-7-11)12-8-9-14-19(2,15)16/h4-7,12-14H,3,8-9H2,1-2H3. The molecule has 0 heterocycles. The minimum absolute atomic E-state index is 0.194. The average molecular weight is 321 g/mol. The normalized spacial score (nSPS) is 12.3. The molecular weight excluding hydrogens is 302 g/mol. The van der Waals surface area contributed by atoms with E-state index in [1.807, 2.05) is 0 Å². The van der Waals surface area contributed by atoms with E-state index in [9.17, 15) is 16.8 Å². The quantitative estimate of drug-likeness (QED) is 0.582. The Morgan fingerprint density at radius 2 is 1.55 bits per heavy atom. The van der Waals surface area contributed by atoms with Gasteiger partial charge in [0.25, 0.3) is 0 Å². The molecule has 1 rings (SSSR count). The van der Waals surface area contributed by atoms with Crippen LogP contribution in [0.25, 0.3) is 0 Å². The fourth-order valence-electron chi connectivity index (χ4n) is 1.47. The van der Waals surface area contributed by atoms with Gasteiger partial charge in [-0.05, 0) is 24.3 Å². The van der Waals surface area contributed by atoms with Crippen LogP contribution in [0.4, 0.5) is 5.69 Å². The summed E-state index contributed by atoms with van der Waals surface area (Å²) in [7, 11) is -6.63. The van der Waals surface area contributed by atoms with Crippen LogP contribution in [0, 0.1) is 0 Å². The lowest BCUT2D eigenvalue weighted by Crippen LogP contribution is -2.27. The van der Waals surface area contributed by atoms with E-state index in [2.05, 4.69) is 14.8 Å². The lowest BCUT2D eigenvalue weighted by Gasteiger charge is -2.08. The number of nitrogens with one attached hydrogen (secondary N) is 3. The Hall–Kier alpha value is -1.16. The minimum atomic E-state index is -3.44. The SMILES string of the molecule is CCNS(=O)(=O)c1ccc(NCCNS(C)(=O)=O)cc1. The van der Waals surface area contributed by atoms with Gasteiger partial charge in [-0.3, -0.25) is 0 Å². The summed E-state index contributed by atoms with van der Waals surface area (Å²) >= 11 is 0. The minimum Gasteiger partial charge on any atom is -0.384 e. The van der Waals surface area contributed by atoms with Crippen LogP contribution in [0.1, 0.15) is 6.92 Å². The first-order valence-electron chi connectivity index (χ1n) is 6.03. The Kier molecular flexibility index (Phi) is 5.93. The summed E-state index contributed by atoms with van der Waals surface area (Å²) in [4.78, 5) is 0.194. The smallest absolute Gasteiger partial charge is 0.240 e. The molecule has 0 aliphatic carbocycles. The Bertz CT molecular complexity index is 624. The van der Waals surface area contributed by atoms with Gasteiger partial charge >= 0.3 is 0 Å². The molecule has 0 unspecified atom stereocenters. The van der Waals surface area contributed by atoms with E-state index in [4.69, 9.17) is 0 Å². The molecule has 20 heavy (non-hydrogen) atoms. The maximum Gasteiger partial charge on any atom is 0.240 e. The Morgan fingerprint density at radius 3 is 2.05 bits per heavy atom. The monoisotopic (exact) mass is 321 g/mol. The van der Waals surface area contributed by atoms with Gasteiger partial charge in [0.15, 0.2) is 0 Å². The van der Waals surface area contributed by atoms with Crippen molar-refractivity contribution in [2.45, 2.75) is 11.8 Å². The summed E-state index contributed by atoms with van der Waals surface area (Å²) in [6.07, 6.45) is 1.09. The van der Waals surface area contributed by atoms with E-state index in [0.29, 0.717) is 13.1 Å². The molecule has 0 aromatic heterocycles. The fraction of sp³-hybridized carbons (Fsp3) is 0.455. The lowest BCUT2D eigenvalue weighted by atomic mass is 10.3. The highest BCUT2D eigenvalue weighted by atomic mass is 32.2. The van der Waals surface area contributed by atoms with Gasteiger partial charge in [-0.1, -0.05) is 6.92 Å². The molecule has 0 bridgehead atoms. The van der Waals surface area contributed by atoms with Crippen molar-refractivity contribution in [3.8, 4) is 0 Å². The number of anilines is 1. The molecule has 0 atom stereocenters. The van der Waals surface area contributed by atoms with E-state index >= 15 is 0 Å². The van der Waals surface area contributed by atoms with Crippen molar-refractivity contribution in [1.29, 1.82) is 0 Å². The van der Waals surface area contributed by atoms with Crippen LogP contribution >= 0.6 is 0 Å². The molecule has 0 amide bonds. The van der Waals surface area contributed by atoms with E-state index < -0.39 is 20.0 Å². The second kappa shape index (κ2) is 7.02. The molecule has 3 N–H and O–H groups in total. The molecule has 9 heteroatoms. The van der Waals surface area contributed by atoms with Gasteiger partial charge in [-0.25, -0.2) is 26.3 Å². The first-order valence-corrected chi connectivity index (χ1v) is 9.40. The van der Waals surface area contributed by atoms with E-state index in [1.54, 1.807) is 19.1 Å². The summed E-state index contributed by atoms with van der Waals surface area (Å²) in [6, 6.07) is 6.24. The maximum absolute atomic E-state index is 11.7. The molecule has 0 spiro atoms. The lowest BCUT2D eigenvalue weighted by molar-refractivity contribution is 0.583. The largest absolute Gasteiger partial charge is 0.384 e. The van der Waals surface area contributed by atoms with Crippen LogP contribution in [-0.2, 0) is 20.0 Å². The molecular formula is C11H19N3O4S2. The van der Waals surface area contributed by atoms with Crippen molar-refractivity contribution in [3.05, 3.63) is 24.3 Å². The second-order valence-electron chi connectivity index (χ2n) is 4.12. The van der Waals surface area contributed by atoms with Gasteiger partial charge in [-0.15, -0.1) is 0 Å².